The number of amides is 1. The van der Waals surface area contributed by atoms with Crippen LogP contribution in [0.25, 0.3) is 11.1 Å². The molecule has 2 rings (SSSR count). The van der Waals surface area contributed by atoms with Crippen LogP contribution in [0.3, 0.4) is 0 Å². The second-order valence-corrected chi connectivity index (χ2v) is 5.32. The third-order valence-corrected chi connectivity index (χ3v) is 3.71. The Morgan fingerprint density at radius 1 is 1.28 bits per heavy atom. The largest absolute Gasteiger partial charge is 0.472 e. The fourth-order valence-electron chi connectivity index (χ4n) is 1.73. The molecule has 0 spiro atoms. The molecule has 1 aromatic heterocycles. The van der Waals surface area contributed by atoms with Crippen LogP contribution in [-0.2, 0) is 21.3 Å². The number of carbonyl (C=O) groups is 1. The van der Waals surface area contributed by atoms with Crippen LogP contribution in [0.1, 0.15) is 5.56 Å². The summed E-state index contributed by atoms with van der Waals surface area (Å²) in [5.74, 6) is -0.349. The van der Waals surface area contributed by atoms with Gasteiger partial charge in [0.05, 0.1) is 12.5 Å². The minimum absolute atomic E-state index is 0.111. The fourth-order valence-corrected chi connectivity index (χ4v) is 2.75. The summed E-state index contributed by atoms with van der Waals surface area (Å²) in [5.41, 5.74) is 7.84. The minimum atomic E-state index is -1.28. The molecule has 0 saturated heterocycles. The molecule has 94 valence electrons. The van der Waals surface area contributed by atoms with Crippen LogP contribution < -0.4 is 5.73 Å². The van der Waals surface area contributed by atoms with Gasteiger partial charge in [0, 0.05) is 22.1 Å². The van der Waals surface area contributed by atoms with Crippen LogP contribution in [-0.4, -0.2) is 15.9 Å². The number of nitrogens with two attached hydrogens (primary N) is 1. The lowest BCUT2D eigenvalue weighted by Gasteiger charge is -2.06. The Labute approximate surface area is 107 Å². The first-order chi connectivity index (χ1) is 8.66. The Kier molecular flexibility index (Phi) is 3.94. The topological polar surface area (TPSA) is 73.3 Å². The summed E-state index contributed by atoms with van der Waals surface area (Å²) >= 11 is 0. The lowest BCUT2D eigenvalue weighted by Crippen LogP contribution is -2.20. The average molecular weight is 263 g/mol. The van der Waals surface area contributed by atoms with Crippen molar-refractivity contribution in [3.63, 3.8) is 0 Å². The van der Waals surface area contributed by atoms with Crippen molar-refractivity contribution < 1.29 is 13.4 Å². The van der Waals surface area contributed by atoms with E-state index in [0.717, 1.165) is 16.7 Å². The molecule has 0 radical (unpaired) electrons. The molecule has 4 nitrogen and oxygen atoms in total. The number of carbonyl (C=O) groups excluding carboxylic acids is 1. The van der Waals surface area contributed by atoms with Crippen molar-refractivity contribution in [1.29, 1.82) is 0 Å². The molecule has 0 fully saturated rings. The predicted octanol–water partition coefficient (Wildman–Crippen LogP) is 1.68. The van der Waals surface area contributed by atoms with Gasteiger partial charge in [-0.3, -0.25) is 9.00 Å². The van der Waals surface area contributed by atoms with Crippen LogP contribution in [0.15, 0.2) is 47.3 Å². The first-order valence-corrected chi connectivity index (χ1v) is 6.89. The molecule has 0 bridgehead atoms. The maximum Gasteiger partial charge on any atom is 0.230 e. The van der Waals surface area contributed by atoms with E-state index < -0.39 is 16.7 Å². The van der Waals surface area contributed by atoms with E-state index in [9.17, 15) is 9.00 Å². The molecular weight excluding hydrogens is 250 g/mol. The Morgan fingerprint density at radius 2 is 2.06 bits per heavy atom. The van der Waals surface area contributed by atoms with E-state index in [2.05, 4.69) is 0 Å². The van der Waals surface area contributed by atoms with E-state index in [1.54, 1.807) is 12.5 Å². The summed E-state index contributed by atoms with van der Waals surface area (Å²) in [5, 5.41) is 0. The summed E-state index contributed by atoms with van der Waals surface area (Å²) in [6.07, 6.45) is 3.22. The standard InChI is InChI=1S/C13H13NO3S/c14-13(15)9-18(16)8-11-3-1-2-4-12(11)10-5-6-17-7-10/h1-7H,8-9H2,(H2,14,15)/t18-/m0/s1. The number of benzene rings is 1. The van der Waals surface area contributed by atoms with Crippen molar-refractivity contribution in [2.75, 3.05) is 5.75 Å². The summed E-state index contributed by atoms with van der Waals surface area (Å²) in [6.45, 7) is 0. The molecule has 18 heavy (non-hydrogen) atoms. The number of rotatable bonds is 5. The molecule has 1 heterocycles. The number of hydrogen-bond acceptors (Lipinski definition) is 3. The first-order valence-electron chi connectivity index (χ1n) is 5.40. The summed E-state index contributed by atoms with van der Waals surface area (Å²) in [7, 11) is -1.28. The molecule has 1 amide bonds. The third-order valence-electron chi connectivity index (χ3n) is 2.47. The molecule has 0 aliphatic heterocycles. The van der Waals surface area contributed by atoms with Crippen molar-refractivity contribution >= 4 is 16.7 Å². The van der Waals surface area contributed by atoms with Gasteiger partial charge in [0.1, 0.15) is 5.75 Å². The zero-order valence-corrected chi connectivity index (χ0v) is 10.5. The molecule has 0 aliphatic rings. The number of primary amides is 1. The lowest BCUT2D eigenvalue weighted by atomic mass is 10.0. The van der Waals surface area contributed by atoms with Crippen molar-refractivity contribution in [2.24, 2.45) is 5.73 Å². The Balaban J connectivity index is 2.23. The van der Waals surface area contributed by atoms with E-state index >= 15 is 0 Å². The molecule has 0 aliphatic carbocycles. The Morgan fingerprint density at radius 3 is 2.72 bits per heavy atom. The summed E-state index contributed by atoms with van der Waals surface area (Å²) in [6, 6.07) is 9.45. The molecule has 2 aromatic rings. The van der Waals surface area contributed by atoms with Crippen molar-refractivity contribution in [2.45, 2.75) is 5.75 Å². The fraction of sp³-hybridized carbons (Fsp3) is 0.154. The highest BCUT2D eigenvalue weighted by molar-refractivity contribution is 7.84. The minimum Gasteiger partial charge on any atom is -0.472 e. The van der Waals surface area contributed by atoms with Gasteiger partial charge < -0.3 is 10.2 Å². The van der Waals surface area contributed by atoms with Gasteiger partial charge >= 0.3 is 0 Å². The van der Waals surface area contributed by atoms with E-state index in [-0.39, 0.29) is 5.75 Å². The van der Waals surface area contributed by atoms with Gasteiger partial charge in [-0.1, -0.05) is 24.3 Å². The van der Waals surface area contributed by atoms with Crippen molar-refractivity contribution in [1.82, 2.24) is 0 Å². The monoisotopic (exact) mass is 263 g/mol. The van der Waals surface area contributed by atoms with Crippen molar-refractivity contribution in [3.8, 4) is 11.1 Å². The molecule has 0 saturated carbocycles. The summed E-state index contributed by atoms with van der Waals surface area (Å²) < 4.78 is 16.8. The smallest absolute Gasteiger partial charge is 0.230 e. The Hall–Kier alpha value is -1.88. The maximum absolute atomic E-state index is 11.7. The normalized spacial score (nSPS) is 12.2. The third kappa shape index (κ3) is 3.07. The summed E-state index contributed by atoms with van der Waals surface area (Å²) in [4.78, 5) is 10.7. The lowest BCUT2D eigenvalue weighted by molar-refractivity contribution is -0.115. The van der Waals surface area contributed by atoms with Crippen LogP contribution in [0.5, 0.6) is 0 Å². The zero-order valence-electron chi connectivity index (χ0n) is 9.67. The SMILES string of the molecule is NC(=O)C[S@@](=O)Cc1ccccc1-c1ccoc1. The quantitative estimate of drug-likeness (QED) is 0.892. The second kappa shape index (κ2) is 5.64. The van der Waals surface area contributed by atoms with E-state index in [1.165, 1.54) is 0 Å². The molecule has 0 unspecified atom stereocenters. The van der Waals surface area contributed by atoms with Gasteiger partial charge in [0.15, 0.2) is 0 Å². The molecule has 5 heteroatoms. The van der Waals surface area contributed by atoms with Crippen LogP contribution in [0, 0.1) is 0 Å². The first kappa shape index (κ1) is 12.6. The predicted molar refractivity (Wildman–Crippen MR) is 70.1 cm³/mol. The van der Waals surface area contributed by atoms with Crippen LogP contribution in [0.4, 0.5) is 0 Å². The van der Waals surface area contributed by atoms with E-state index in [4.69, 9.17) is 10.2 Å². The van der Waals surface area contributed by atoms with Crippen molar-refractivity contribution in [3.05, 3.63) is 48.4 Å². The van der Waals surface area contributed by atoms with Gasteiger partial charge in [0.25, 0.3) is 0 Å². The molecule has 1 atom stereocenters. The van der Waals surface area contributed by atoms with Crippen LogP contribution in [0.2, 0.25) is 0 Å². The zero-order chi connectivity index (χ0) is 13.0. The van der Waals surface area contributed by atoms with E-state index in [0.29, 0.717) is 5.75 Å². The highest BCUT2D eigenvalue weighted by atomic mass is 32.2. The van der Waals surface area contributed by atoms with E-state index in [1.807, 2.05) is 30.3 Å². The highest BCUT2D eigenvalue weighted by Gasteiger charge is 2.10. The second-order valence-electron chi connectivity index (χ2n) is 3.86. The van der Waals surface area contributed by atoms with Gasteiger partial charge in [0.2, 0.25) is 5.91 Å². The van der Waals surface area contributed by atoms with Gasteiger partial charge in [-0.05, 0) is 17.2 Å². The molecule has 1 aromatic carbocycles. The van der Waals surface area contributed by atoms with Gasteiger partial charge in [-0.25, -0.2) is 0 Å². The van der Waals surface area contributed by atoms with Crippen LogP contribution >= 0.6 is 0 Å². The average Bonchev–Trinajstić information content (AvgIpc) is 2.81. The Bertz CT molecular complexity index is 563. The van der Waals surface area contributed by atoms with Gasteiger partial charge in [-0.2, -0.15) is 0 Å². The highest BCUT2D eigenvalue weighted by Crippen LogP contribution is 2.24. The number of hydrogen-bond donors (Lipinski definition) is 1. The number of furan rings is 1. The molecular formula is C13H13NO3S. The van der Waals surface area contributed by atoms with Gasteiger partial charge in [-0.15, -0.1) is 0 Å². The maximum atomic E-state index is 11.7. The molecule has 2 N–H and O–H groups in total.